The van der Waals surface area contributed by atoms with E-state index in [9.17, 15) is 4.79 Å². The van der Waals surface area contributed by atoms with E-state index in [2.05, 4.69) is 15.3 Å². The molecule has 0 aromatic carbocycles. The standard InChI is InChI=1S/C16H23N3O2S/c1-11-17-13(10-22-11)8-19-7-12-6-18(9-15(12)16(19)20)14-2-4-21-5-3-14/h10,12,14-15H,2-9H2,1H3/t12-,15-/m0/s1. The molecular formula is C16H23N3O2S. The summed E-state index contributed by atoms with van der Waals surface area (Å²) in [4.78, 5) is 21.7. The Morgan fingerprint density at radius 1 is 1.32 bits per heavy atom. The van der Waals surface area contributed by atoms with Crippen LogP contribution in [-0.2, 0) is 16.1 Å². The van der Waals surface area contributed by atoms with Gasteiger partial charge >= 0.3 is 0 Å². The molecule has 3 fully saturated rings. The quantitative estimate of drug-likeness (QED) is 0.847. The summed E-state index contributed by atoms with van der Waals surface area (Å²) in [5.74, 6) is 1.06. The normalized spacial score (nSPS) is 30.2. The Labute approximate surface area is 135 Å². The Balaban J connectivity index is 1.37. The molecular weight excluding hydrogens is 298 g/mol. The maximum atomic E-state index is 12.7. The van der Waals surface area contributed by atoms with Gasteiger partial charge in [0.15, 0.2) is 0 Å². The molecule has 0 N–H and O–H groups in total. The number of carbonyl (C=O) groups excluding carboxylic acids is 1. The van der Waals surface area contributed by atoms with Gasteiger partial charge < -0.3 is 9.64 Å². The van der Waals surface area contributed by atoms with Crippen LogP contribution in [0.2, 0.25) is 0 Å². The molecule has 0 unspecified atom stereocenters. The maximum absolute atomic E-state index is 12.7. The third kappa shape index (κ3) is 2.68. The van der Waals surface area contributed by atoms with Crippen LogP contribution in [0.3, 0.4) is 0 Å². The minimum absolute atomic E-state index is 0.211. The fourth-order valence-corrected chi connectivity index (χ4v) is 4.75. The molecule has 4 heterocycles. The number of hydrogen-bond donors (Lipinski definition) is 0. The van der Waals surface area contributed by atoms with E-state index in [1.54, 1.807) is 11.3 Å². The number of rotatable bonds is 3. The summed E-state index contributed by atoms with van der Waals surface area (Å²) >= 11 is 1.66. The van der Waals surface area contributed by atoms with Gasteiger partial charge in [-0.3, -0.25) is 9.69 Å². The molecule has 120 valence electrons. The highest BCUT2D eigenvalue weighted by Gasteiger charge is 2.47. The number of thiazole rings is 1. The second-order valence-electron chi connectivity index (χ2n) is 6.74. The third-order valence-electron chi connectivity index (χ3n) is 5.28. The van der Waals surface area contributed by atoms with Crippen molar-refractivity contribution in [1.29, 1.82) is 0 Å². The first kappa shape index (κ1) is 14.6. The molecule has 3 aliphatic rings. The minimum atomic E-state index is 0.211. The second kappa shape index (κ2) is 5.91. The average molecular weight is 321 g/mol. The number of hydrogen-bond acceptors (Lipinski definition) is 5. The van der Waals surface area contributed by atoms with Crippen LogP contribution in [0, 0.1) is 18.8 Å². The Morgan fingerprint density at radius 3 is 2.82 bits per heavy atom. The highest BCUT2D eigenvalue weighted by molar-refractivity contribution is 7.09. The van der Waals surface area contributed by atoms with Gasteiger partial charge in [-0.05, 0) is 19.8 Å². The molecule has 5 nitrogen and oxygen atoms in total. The van der Waals surface area contributed by atoms with Crippen molar-refractivity contribution in [3.63, 3.8) is 0 Å². The third-order valence-corrected chi connectivity index (χ3v) is 6.10. The van der Waals surface area contributed by atoms with Gasteiger partial charge in [0, 0.05) is 50.2 Å². The smallest absolute Gasteiger partial charge is 0.227 e. The SMILES string of the molecule is Cc1nc(CN2C[C@@H]3CN(C4CCOCC4)C[C@@H]3C2=O)cs1. The number of aromatic nitrogens is 1. The van der Waals surface area contributed by atoms with E-state index in [0.717, 1.165) is 56.4 Å². The summed E-state index contributed by atoms with van der Waals surface area (Å²) in [5, 5.41) is 3.15. The fraction of sp³-hybridized carbons (Fsp3) is 0.750. The molecule has 0 bridgehead atoms. The number of nitrogens with zero attached hydrogens (tertiary/aromatic N) is 3. The van der Waals surface area contributed by atoms with Gasteiger partial charge in [0.05, 0.1) is 23.2 Å². The molecule has 3 aliphatic heterocycles. The molecule has 1 amide bonds. The Morgan fingerprint density at radius 2 is 2.14 bits per heavy atom. The van der Waals surface area contributed by atoms with Crippen molar-refractivity contribution in [2.24, 2.45) is 11.8 Å². The lowest BCUT2D eigenvalue weighted by molar-refractivity contribution is -0.131. The van der Waals surface area contributed by atoms with E-state index in [0.29, 0.717) is 24.4 Å². The van der Waals surface area contributed by atoms with E-state index in [4.69, 9.17) is 4.74 Å². The topological polar surface area (TPSA) is 45.7 Å². The first-order valence-corrected chi connectivity index (χ1v) is 9.10. The molecule has 4 rings (SSSR count). The van der Waals surface area contributed by atoms with Crippen LogP contribution in [0.15, 0.2) is 5.38 Å². The van der Waals surface area contributed by atoms with E-state index < -0.39 is 0 Å². The first-order valence-electron chi connectivity index (χ1n) is 8.22. The maximum Gasteiger partial charge on any atom is 0.227 e. The van der Waals surface area contributed by atoms with E-state index >= 15 is 0 Å². The van der Waals surface area contributed by atoms with Crippen LogP contribution < -0.4 is 0 Å². The molecule has 1 aromatic heterocycles. The predicted molar refractivity (Wildman–Crippen MR) is 84.7 cm³/mol. The van der Waals surface area contributed by atoms with Crippen LogP contribution >= 0.6 is 11.3 Å². The van der Waals surface area contributed by atoms with Gasteiger partial charge in [-0.1, -0.05) is 0 Å². The van der Waals surface area contributed by atoms with Gasteiger partial charge in [0.25, 0.3) is 0 Å². The first-order chi connectivity index (χ1) is 10.7. The molecule has 0 saturated carbocycles. The van der Waals surface area contributed by atoms with Gasteiger partial charge in [-0.15, -0.1) is 11.3 Å². The molecule has 0 aliphatic carbocycles. The largest absolute Gasteiger partial charge is 0.381 e. The Bertz CT molecular complexity index is 555. The van der Waals surface area contributed by atoms with Crippen LogP contribution in [0.4, 0.5) is 0 Å². The van der Waals surface area contributed by atoms with E-state index in [-0.39, 0.29) is 5.92 Å². The zero-order chi connectivity index (χ0) is 15.1. The molecule has 2 atom stereocenters. The van der Waals surface area contributed by atoms with E-state index in [1.807, 2.05) is 11.8 Å². The van der Waals surface area contributed by atoms with Crippen LogP contribution in [0.25, 0.3) is 0 Å². The van der Waals surface area contributed by atoms with Crippen LogP contribution in [0.1, 0.15) is 23.5 Å². The van der Waals surface area contributed by atoms with Gasteiger partial charge in [0.1, 0.15) is 0 Å². The second-order valence-corrected chi connectivity index (χ2v) is 7.80. The Kier molecular flexibility index (Phi) is 3.92. The number of ether oxygens (including phenoxy) is 1. The molecule has 3 saturated heterocycles. The lowest BCUT2D eigenvalue weighted by Gasteiger charge is -2.32. The fourth-order valence-electron chi connectivity index (χ4n) is 4.14. The van der Waals surface area contributed by atoms with Gasteiger partial charge in [0.2, 0.25) is 5.91 Å². The van der Waals surface area contributed by atoms with Crippen molar-refractivity contribution in [2.75, 3.05) is 32.8 Å². The summed E-state index contributed by atoms with van der Waals surface area (Å²) in [7, 11) is 0. The highest BCUT2D eigenvalue weighted by atomic mass is 32.1. The zero-order valence-electron chi connectivity index (χ0n) is 13.0. The lowest BCUT2D eigenvalue weighted by Crippen LogP contribution is -2.40. The lowest BCUT2D eigenvalue weighted by atomic mass is 10.0. The number of amides is 1. The van der Waals surface area contributed by atoms with Gasteiger partial charge in [-0.25, -0.2) is 4.98 Å². The molecule has 22 heavy (non-hydrogen) atoms. The average Bonchev–Trinajstić information content (AvgIpc) is 3.19. The summed E-state index contributed by atoms with van der Waals surface area (Å²) in [6, 6.07) is 0.627. The summed E-state index contributed by atoms with van der Waals surface area (Å²) in [6.45, 7) is 7.38. The van der Waals surface area contributed by atoms with Crippen molar-refractivity contribution < 1.29 is 9.53 Å². The molecule has 1 aromatic rings. The van der Waals surface area contributed by atoms with Crippen molar-refractivity contribution >= 4 is 17.2 Å². The van der Waals surface area contributed by atoms with Gasteiger partial charge in [-0.2, -0.15) is 0 Å². The summed E-state index contributed by atoms with van der Waals surface area (Å²) in [5.41, 5.74) is 1.04. The van der Waals surface area contributed by atoms with E-state index in [1.165, 1.54) is 0 Å². The number of carbonyl (C=O) groups is 1. The number of fused-ring (bicyclic) bond motifs is 1. The summed E-state index contributed by atoms with van der Waals surface area (Å²) in [6.07, 6.45) is 2.24. The van der Waals surface area contributed by atoms with Crippen molar-refractivity contribution in [3.05, 3.63) is 16.1 Å². The monoisotopic (exact) mass is 321 g/mol. The number of likely N-dealkylation sites (tertiary alicyclic amines) is 2. The molecule has 0 spiro atoms. The zero-order valence-corrected chi connectivity index (χ0v) is 13.8. The van der Waals surface area contributed by atoms with Crippen molar-refractivity contribution in [3.8, 4) is 0 Å². The van der Waals surface area contributed by atoms with Crippen LogP contribution in [-0.4, -0.2) is 59.6 Å². The molecule has 6 heteroatoms. The van der Waals surface area contributed by atoms with Crippen LogP contribution in [0.5, 0.6) is 0 Å². The highest BCUT2D eigenvalue weighted by Crippen LogP contribution is 2.35. The Hall–Kier alpha value is -0.980. The van der Waals surface area contributed by atoms with Crippen molar-refractivity contribution in [1.82, 2.24) is 14.8 Å². The molecule has 0 radical (unpaired) electrons. The predicted octanol–water partition coefficient (Wildman–Crippen LogP) is 1.52. The minimum Gasteiger partial charge on any atom is -0.381 e. The van der Waals surface area contributed by atoms with Crippen molar-refractivity contribution in [2.45, 2.75) is 32.4 Å². The number of aryl methyl sites for hydroxylation is 1. The summed E-state index contributed by atoms with van der Waals surface area (Å²) < 4.78 is 5.45.